The van der Waals surface area contributed by atoms with Gasteiger partial charge in [0.05, 0.1) is 31.3 Å². The second-order valence-corrected chi connectivity index (χ2v) is 8.06. The van der Waals surface area contributed by atoms with Crippen LogP contribution in [0.1, 0.15) is 27.5 Å². The SMILES string of the molecule is O=C(NO)c1ccc2c(c1)OC[C@H](c1ccc3cccnc3c1)N(C(=O)N1CCOCC1)C2. The summed E-state index contributed by atoms with van der Waals surface area (Å²) < 4.78 is 11.5. The summed E-state index contributed by atoms with van der Waals surface area (Å²) in [5.41, 5.74) is 4.46. The molecule has 3 amide bonds. The van der Waals surface area contributed by atoms with Crippen LogP contribution in [0.2, 0.25) is 0 Å². The third-order valence-electron chi connectivity index (χ3n) is 6.09. The zero-order valence-corrected chi connectivity index (χ0v) is 17.9. The number of hydrogen-bond donors (Lipinski definition) is 2. The number of amides is 3. The van der Waals surface area contributed by atoms with Crippen molar-refractivity contribution in [2.45, 2.75) is 12.6 Å². The fraction of sp³-hybridized carbons (Fsp3) is 0.292. The van der Waals surface area contributed by atoms with Gasteiger partial charge < -0.3 is 19.3 Å². The molecule has 2 N–H and O–H groups in total. The zero-order chi connectivity index (χ0) is 22.8. The first-order chi connectivity index (χ1) is 16.1. The van der Waals surface area contributed by atoms with Gasteiger partial charge in [0.25, 0.3) is 5.91 Å². The maximum absolute atomic E-state index is 13.6. The highest BCUT2D eigenvalue weighted by Gasteiger charge is 2.33. The average molecular weight is 448 g/mol. The quantitative estimate of drug-likeness (QED) is 0.462. The van der Waals surface area contributed by atoms with Crippen LogP contribution in [0.15, 0.2) is 54.7 Å². The van der Waals surface area contributed by atoms with Gasteiger partial charge in [0, 0.05) is 35.8 Å². The Morgan fingerprint density at radius 3 is 2.76 bits per heavy atom. The van der Waals surface area contributed by atoms with Gasteiger partial charge in [-0.25, -0.2) is 10.3 Å². The van der Waals surface area contributed by atoms with E-state index >= 15 is 0 Å². The number of hydrogen-bond acceptors (Lipinski definition) is 6. The first-order valence-corrected chi connectivity index (χ1v) is 10.8. The monoisotopic (exact) mass is 448 g/mol. The van der Waals surface area contributed by atoms with Crippen LogP contribution in [0, 0.1) is 0 Å². The van der Waals surface area contributed by atoms with Crippen LogP contribution in [0.5, 0.6) is 5.75 Å². The summed E-state index contributed by atoms with van der Waals surface area (Å²) in [6, 6.07) is 14.4. The topological polar surface area (TPSA) is 104 Å². The first-order valence-electron chi connectivity index (χ1n) is 10.8. The smallest absolute Gasteiger partial charge is 0.321 e. The number of ether oxygens (including phenoxy) is 2. The Labute approximate surface area is 190 Å². The highest BCUT2D eigenvalue weighted by atomic mass is 16.5. The number of aromatic nitrogens is 1. The molecule has 2 aliphatic heterocycles. The number of pyridine rings is 1. The molecule has 1 aromatic heterocycles. The van der Waals surface area contributed by atoms with Gasteiger partial charge in [0.15, 0.2) is 0 Å². The Morgan fingerprint density at radius 1 is 1.09 bits per heavy atom. The van der Waals surface area contributed by atoms with E-state index in [0.29, 0.717) is 38.6 Å². The van der Waals surface area contributed by atoms with E-state index in [0.717, 1.165) is 22.0 Å². The van der Waals surface area contributed by atoms with Crippen molar-refractivity contribution in [1.82, 2.24) is 20.3 Å². The lowest BCUT2D eigenvalue weighted by Crippen LogP contribution is -2.49. The number of carbonyl (C=O) groups is 2. The molecule has 1 atom stereocenters. The van der Waals surface area contributed by atoms with Crippen molar-refractivity contribution in [2.24, 2.45) is 0 Å². The number of rotatable bonds is 2. The van der Waals surface area contributed by atoms with Crippen molar-refractivity contribution in [3.05, 3.63) is 71.4 Å². The lowest BCUT2D eigenvalue weighted by molar-refractivity contribution is 0.0362. The van der Waals surface area contributed by atoms with Crippen molar-refractivity contribution in [3.63, 3.8) is 0 Å². The van der Waals surface area contributed by atoms with Gasteiger partial charge in [0.2, 0.25) is 0 Å². The second kappa shape index (κ2) is 9.05. The van der Waals surface area contributed by atoms with Gasteiger partial charge in [-0.1, -0.05) is 24.3 Å². The number of fused-ring (bicyclic) bond motifs is 2. The molecular weight excluding hydrogens is 424 g/mol. The predicted octanol–water partition coefficient (Wildman–Crippen LogP) is 2.74. The van der Waals surface area contributed by atoms with Crippen molar-refractivity contribution >= 4 is 22.8 Å². The minimum atomic E-state index is -0.621. The fourth-order valence-corrected chi connectivity index (χ4v) is 4.28. The molecular formula is C24H24N4O5. The number of urea groups is 1. The lowest BCUT2D eigenvalue weighted by atomic mass is 10.0. The molecule has 1 fully saturated rings. The molecule has 9 heteroatoms. The number of nitrogens with zero attached hydrogens (tertiary/aromatic N) is 3. The van der Waals surface area contributed by atoms with Crippen molar-refractivity contribution in [2.75, 3.05) is 32.9 Å². The van der Waals surface area contributed by atoms with Gasteiger partial charge in [0.1, 0.15) is 12.4 Å². The molecule has 170 valence electrons. The number of carbonyl (C=O) groups excluding carboxylic acids is 2. The van der Waals surface area contributed by atoms with Crippen molar-refractivity contribution < 1.29 is 24.3 Å². The molecule has 0 spiro atoms. The summed E-state index contributed by atoms with van der Waals surface area (Å²) in [6.45, 7) is 2.62. The Hall–Kier alpha value is -3.69. The summed E-state index contributed by atoms with van der Waals surface area (Å²) in [7, 11) is 0. The van der Waals surface area contributed by atoms with Gasteiger partial charge in [-0.3, -0.25) is 15.0 Å². The summed E-state index contributed by atoms with van der Waals surface area (Å²) in [5, 5.41) is 9.99. The number of hydroxylamine groups is 1. The van der Waals surface area contributed by atoms with E-state index in [9.17, 15) is 9.59 Å². The fourth-order valence-electron chi connectivity index (χ4n) is 4.28. The summed E-state index contributed by atoms with van der Waals surface area (Å²) >= 11 is 0. The van der Waals surface area contributed by atoms with E-state index in [1.54, 1.807) is 34.8 Å². The third kappa shape index (κ3) is 4.20. The van der Waals surface area contributed by atoms with E-state index in [2.05, 4.69) is 4.98 Å². The van der Waals surface area contributed by atoms with E-state index in [1.165, 1.54) is 0 Å². The Kier molecular flexibility index (Phi) is 5.80. The molecule has 33 heavy (non-hydrogen) atoms. The van der Waals surface area contributed by atoms with Crippen LogP contribution in [0.4, 0.5) is 4.79 Å². The number of benzene rings is 2. The van der Waals surface area contributed by atoms with Gasteiger partial charge in [-0.2, -0.15) is 0 Å². The van der Waals surface area contributed by atoms with Crippen LogP contribution in [0.25, 0.3) is 10.9 Å². The molecule has 0 saturated carbocycles. The Bertz CT molecular complexity index is 1190. The van der Waals surface area contributed by atoms with Gasteiger partial charge in [-0.05, 0) is 29.8 Å². The Morgan fingerprint density at radius 2 is 1.94 bits per heavy atom. The molecule has 0 unspecified atom stereocenters. The summed E-state index contributed by atoms with van der Waals surface area (Å²) in [4.78, 5) is 33.6. The highest BCUT2D eigenvalue weighted by molar-refractivity contribution is 5.93. The molecule has 0 radical (unpaired) electrons. The molecule has 5 rings (SSSR count). The maximum Gasteiger partial charge on any atom is 0.321 e. The zero-order valence-electron chi connectivity index (χ0n) is 17.9. The maximum atomic E-state index is 13.6. The minimum absolute atomic E-state index is 0.0851. The van der Waals surface area contributed by atoms with Gasteiger partial charge >= 0.3 is 6.03 Å². The highest BCUT2D eigenvalue weighted by Crippen LogP contribution is 2.34. The van der Waals surface area contributed by atoms with E-state index in [1.807, 2.05) is 35.2 Å². The first kappa shape index (κ1) is 21.2. The molecule has 2 aliphatic rings. The van der Waals surface area contributed by atoms with Crippen LogP contribution >= 0.6 is 0 Å². The molecule has 9 nitrogen and oxygen atoms in total. The molecule has 0 aliphatic carbocycles. The predicted molar refractivity (Wildman–Crippen MR) is 119 cm³/mol. The third-order valence-corrected chi connectivity index (χ3v) is 6.09. The normalized spacial score (nSPS) is 18.3. The van der Waals surface area contributed by atoms with Gasteiger partial charge in [-0.15, -0.1) is 0 Å². The lowest BCUT2D eigenvalue weighted by Gasteiger charge is -2.36. The van der Waals surface area contributed by atoms with E-state index in [-0.39, 0.29) is 24.2 Å². The van der Waals surface area contributed by atoms with Crippen LogP contribution in [-0.4, -0.2) is 64.8 Å². The van der Waals surface area contributed by atoms with Crippen molar-refractivity contribution in [1.29, 1.82) is 0 Å². The standard InChI is InChI=1S/C24H24N4O5/c29-23(26-31)18-5-6-19-14-28(24(30)27-8-10-32-11-9-27)21(15-33-22(19)13-18)17-4-3-16-2-1-7-25-20(16)12-17/h1-7,12-13,21,31H,8-11,14-15H2,(H,26,29)/t21-/m1/s1. The number of morpholine rings is 1. The largest absolute Gasteiger partial charge is 0.491 e. The van der Waals surface area contributed by atoms with E-state index < -0.39 is 5.91 Å². The molecule has 2 aromatic carbocycles. The summed E-state index contributed by atoms with van der Waals surface area (Å²) in [5.74, 6) is -0.110. The molecule has 1 saturated heterocycles. The van der Waals surface area contributed by atoms with Crippen LogP contribution in [0.3, 0.4) is 0 Å². The minimum Gasteiger partial charge on any atom is -0.491 e. The van der Waals surface area contributed by atoms with Crippen LogP contribution in [-0.2, 0) is 11.3 Å². The average Bonchev–Trinajstić information content (AvgIpc) is 3.07. The van der Waals surface area contributed by atoms with E-state index in [4.69, 9.17) is 14.7 Å². The molecule has 0 bridgehead atoms. The Balaban J connectivity index is 1.53. The summed E-state index contributed by atoms with van der Waals surface area (Å²) in [6.07, 6.45) is 1.75. The number of nitrogens with one attached hydrogen (secondary N) is 1. The van der Waals surface area contributed by atoms with Crippen molar-refractivity contribution in [3.8, 4) is 5.75 Å². The van der Waals surface area contributed by atoms with Crippen LogP contribution < -0.4 is 10.2 Å². The second-order valence-electron chi connectivity index (χ2n) is 8.06. The molecule has 3 aromatic rings. The molecule has 3 heterocycles.